The molecule has 0 aliphatic carbocycles. The largest absolute Gasteiger partial charge is 0.375 e. The first-order chi connectivity index (χ1) is 10.2. The Hall–Kier alpha value is -0.260. The third-order valence-electron chi connectivity index (χ3n) is 4.83. The van der Waals surface area contributed by atoms with E-state index in [2.05, 4.69) is 11.5 Å². The third kappa shape index (κ3) is 3.40. The molecule has 0 bridgehead atoms. The summed E-state index contributed by atoms with van der Waals surface area (Å²) >= 11 is 8.40. The molecule has 2 unspecified atom stereocenters. The van der Waals surface area contributed by atoms with Crippen LogP contribution in [-0.4, -0.2) is 23.7 Å². The van der Waals surface area contributed by atoms with Gasteiger partial charge >= 0.3 is 0 Å². The maximum absolute atomic E-state index is 6.36. The van der Waals surface area contributed by atoms with Crippen molar-refractivity contribution in [2.24, 2.45) is 11.8 Å². The van der Waals surface area contributed by atoms with Crippen molar-refractivity contribution in [3.8, 4) is 0 Å². The van der Waals surface area contributed by atoms with Crippen LogP contribution in [0.5, 0.6) is 0 Å². The Bertz CT molecular complexity index is 474. The number of hydrogen-bond donors (Lipinski definition) is 2. The number of rotatable bonds is 3. The van der Waals surface area contributed by atoms with Crippen LogP contribution in [-0.2, 0) is 4.74 Å². The highest BCUT2D eigenvalue weighted by atomic mass is 35.5. The fourth-order valence-electron chi connectivity index (χ4n) is 3.65. The van der Waals surface area contributed by atoms with Gasteiger partial charge in [-0.25, -0.2) is 0 Å². The van der Waals surface area contributed by atoms with Crippen LogP contribution in [0.2, 0.25) is 5.02 Å². The molecule has 1 aromatic carbocycles. The molecule has 2 aliphatic rings. The Labute approximate surface area is 135 Å². The van der Waals surface area contributed by atoms with E-state index in [9.17, 15) is 0 Å². The van der Waals surface area contributed by atoms with Gasteiger partial charge in [-0.15, -0.1) is 0 Å². The zero-order chi connectivity index (χ0) is 14.7. The van der Waals surface area contributed by atoms with E-state index in [0.717, 1.165) is 42.9 Å². The fraction of sp³-hybridized carbons (Fsp3) is 0.625. The van der Waals surface area contributed by atoms with Gasteiger partial charge in [-0.2, -0.15) is 11.8 Å². The van der Waals surface area contributed by atoms with Crippen molar-refractivity contribution >= 4 is 23.4 Å². The maximum Gasteiger partial charge on any atom is 0.0701 e. The van der Waals surface area contributed by atoms with E-state index in [-0.39, 0.29) is 11.6 Å². The average molecular weight is 327 g/mol. The smallest absolute Gasteiger partial charge is 0.0701 e. The van der Waals surface area contributed by atoms with Crippen LogP contribution < -0.4 is 11.3 Å². The molecule has 2 atom stereocenters. The molecule has 2 fully saturated rings. The van der Waals surface area contributed by atoms with E-state index in [0.29, 0.717) is 5.92 Å². The van der Waals surface area contributed by atoms with Crippen molar-refractivity contribution in [1.29, 1.82) is 0 Å². The molecule has 2 aliphatic heterocycles. The van der Waals surface area contributed by atoms with E-state index < -0.39 is 0 Å². The summed E-state index contributed by atoms with van der Waals surface area (Å²) < 4.78 is 6.18. The van der Waals surface area contributed by atoms with Gasteiger partial charge < -0.3 is 4.74 Å². The standard InChI is InChI=1S/C16H23ClN2OS/c17-14-4-2-1-3-13(14)15(19-18)12-5-8-20-16(11-12)6-9-21-10-7-16/h1-4,12,15,19H,5-11,18H2. The van der Waals surface area contributed by atoms with Gasteiger partial charge in [0, 0.05) is 11.6 Å². The van der Waals surface area contributed by atoms with Gasteiger partial charge in [0.2, 0.25) is 0 Å². The van der Waals surface area contributed by atoms with Gasteiger partial charge in [-0.3, -0.25) is 11.3 Å². The minimum absolute atomic E-state index is 0.0739. The average Bonchev–Trinajstić information content (AvgIpc) is 2.51. The van der Waals surface area contributed by atoms with Crippen molar-refractivity contribution in [3.63, 3.8) is 0 Å². The summed E-state index contributed by atoms with van der Waals surface area (Å²) in [4.78, 5) is 0. The summed E-state index contributed by atoms with van der Waals surface area (Å²) in [7, 11) is 0. The summed E-state index contributed by atoms with van der Waals surface area (Å²) in [6, 6.07) is 8.11. The monoisotopic (exact) mass is 326 g/mol. The second kappa shape index (κ2) is 6.88. The SMILES string of the molecule is NNC(c1ccccc1Cl)C1CCOC2(CCSCC2)C1. The van der Waals surface area contributed by atoms with Crippen LogP contribution in [0.15, 0.2) is 24.3 Å². The van der Waals surface area contributed by atoms with Crippen LogP contribution in [0.25, 0.3) is 0 Å². The molecule has 3 nitrogen and oxygen atoms in total. The molecule has 2 heterocycles. The number of ether oxygens (including phenoxy) is 1. The van der Waals surface area contributed by atoms with E-state index >= 15 is 0 Å². The summed E-state index contributed by atoms with van der Waals surface area (Å²) in [5.41, 5.74) is 4.19. The normalized spacial score (nSPS) is 26.7. The highest BCUT2D eigenvalue weighted by Gasteiger charge is 2.41. The van der Waals surface area contributed by atoms with E-state index in [4.69, 9.17) is 22.2 Å². The number of benzene rings is 1. The Morgan fingerprint density at radius 2 is 2.10 bits per heavy atom. The molecule has 5 heteroatoms. The summed E-state index contributed by atoms with van der Waals surface area (Å²) in [5, 5.41) is 0.792. The van der Waals surface area contributed by atoms with Gasteiger partial charge in [0.1, 0.15) is 0 Å². The molecule has 3 rings (SSSR count). The Balaban J connectivity index is 1.79. The lowest BCUT2D eigenvalue weighted by Crippen LogP contribution is -2.46. The second-order valence-corrected chi connectivity index (χ2v) is 7.69. The summed E-state index contributed by atoms with van der Waals surface area (Å²) in [5.74, 6) is 8.76. The van der Waals surface area contributed by atoms with Crippen molar-refractivity contribution in [1.82, 2.24) is 5.43 Å². The molecule has 0 saturated carbocycles. The van der Waals surface area contributed by atoms with Gasteiger partial charge in [-0.1, -0.05) is 29.8 Å². The van der Waals surface area contributed by atoms with Crippen molar-refractivity contribution in [2.75, 3.05) is 18.1 Å². The number of nitrogens with one attached hydrogen (secondary N) is 1. The summed E-state index contributed by atoms with van der Waals surface area (Å²) in [6.45, 7) is 0.831. The molecular formula is C16H23ClN2OS. The predicted molar refractivity (Wildman–Crippen MR) is 89.5 cm³/mol. The van der Waals surface area contributed by atoms with Crippen LogP contribution in [0.4, 0.5) is 0 Å². The minimum Gasteiger partial charge on any atom is -0.375 e. The Morgan fingerprint density at radius 3 is 2.81 bits per heavy atom. The number of nitrogens with two attached hydrogens (primary N) is 1. The van der Waals surface area contributed by atoms with Crippen LogP contribution in [0.3, 0.4) is 0 Å². The number of hydrogen-bond acceptors (Lipinski definition) is 4. The lowest BCUT2D eigenvalue weighted by Gasteiger charge is -2.45. The second-order valence-electron chi connectivity index (χ2n) is 6.06. The van der Waals surface area contributed by atoms with Gasteiger partial charge in [-0.05, 0) is 54.7 Å². The zero-order valence-electron chi connectivity index (χ0n) is 12.2. The van der Waals surface area contributed by atoms with Crippen molar-refractivity contribution in [2.45, 2.75) is 37.3 Å². The van der Waals surface area contributed by atoms with Crippen LogP contribution in [0.1, 0.15) is 37.3 Å². The first kappa shape index (κ1) is 15.6. The molecule has 1 spiro atoms. The molecule has 3 N–H and O–H groups in total. The molecule has 0 aromatic heterocycles. The molecular weight excluding hydrogens is 304 g/mol. The van der Waals surface area contributed by atoms with Crippen molar-refractivity contribution < 1.29 is 4.74 Å². The maximum atomic E-state index is 6.36. The predicted octanol–water partition coefficient (Wildman–Crippen LogP) is 3.54. The van der Waals surface area contributed by atoms with E-state index in [1.54, 1.807) is 0 Å². The molecule has 1 aromatic rings. The number of hydrazine groups is 1. The summed E-state index contributed by atoms with van der Waals surface area (Å²) in [6.07, 6.45) is 4.44. The first-order valence-electron chi connectivity index (χ1n) is 7.66. The van der Waals surface area contributed by atoms with Gasteiger partial charge in [0.15, 0.2) is 0 Å². The third-order valence-corrected chi connectivity index (χ3v) is 6.16. The lowest BCUT2D eigenvalue weighted by atomic mass is 9.77. The fourth-order valence-corrected chi connectivity index (χ4v) is 5.14. The lowest BCUT2D eigenvalue weighted by molar-refractivity contribution is -0.107. The highest BCUT2D eigenvalue weighted by Crippen LogP contribution is 2.44. The molecule has 0 radical (unpaired) electrons. The van der Waals surface area contributed by atoms with Crippen LogP contribution >= 0.6 is 23.4 Å². The van der Waals surface area contributed by atoms with E-state index in [1.807, 2.05) is 30.0 Å². The molecule has 116 valence electrons. The van der Waals surface area contributed by atoms with Crippen molar-refractivity contribution in [3.05, 3.63) is 34.9 Å². The van der Waals surface area contributed by atoms with Crippen LogP contribution in [0, 0.1) is 5.92 Å². The van der Waals surface area contributed by atoms with Gasteiger partial charge in [0.25, 0.3) is 0 Å². The van der Waals surface area contributed by atoms with Gasteiger partial charge in [0.05, 0.1) is 11.6 Å². The quantitative estimate of drug-likeness (QED) is 0.659. The number of halogens is 1. The zero-order valence-corrected chi connectivity index (χ0v) is 13.8. The first-order valence-corrected chi connectivity index (χ1v) is 9.20. The van der Waals surface area contributed by atoms with E-state index in [1.165, 1.54) is 11.5 Å². The Kier molecular flexibility index (Phi) is 5.12. The minimum atomic E-state index is 0.0739. The molecule has 21 heavy (non-hydrogen) atoms. The Morgan fingerprint density at radius 1 is 1.33 bits per heavy atom. The number of thioether (sulfide) groups is 1. The molecule has 2 saturated heterocycles. The topological polar surface area (TPSA) is 47.3 Å². The highest BCUT2D eigenvalue weighted by molar-refractivity contribution is 7.99. The molecule has 0 amide bonds.